The van der Waals surface area contributed by atoms with Gasteiger partial charge < -0.3 is 0 Å². The minimum Gasteiger partial charge on any atom is -0.294 e. The maximum absolute atomic E-state index is 13.0. The van der Waals surface area contributed by atoms with Gasteiger partial charge in [-0.15, -0.1) is 11.6 Å². The maximum Gasteiger partial charge on any atom is 0.193 e. The molecule has 3 rings (SSSR count). The normalized spacial score (nSPS) is 33.2. The van der Waals surface area contributed by atoms with Crippen LogP contribution in [0.1, 0.15) is 32.1 Å². The Morgan fingerprint density at radius 2 is 2.00 bits per heavy atom. The molecule has 124 valence electrons. The van der Waals surface area contributed by atoms with Crippen LogP contribution in [0, 0.1) is 5.92 Å². The summed E-state index contributed by atoms with van der Waals surface area (Å²) in [5, 5.41) is 0.231. The fourth-order valence-corrected chi connectivity index (χ4v) is 6.06. The number of halogens is 2. The highest BCUT2D eigenvalue weighted by molar-refractivity contribution is 7.95. The molecule has 0 N–H and O–H groups in total. The molecule has 4 nitrogen and oxygen atoms in total. The minimum absolute atomic E-state index is 0.0539. The Morgan fingerprint density at radius 1 is 1.26 bits per heavy atom. The van der Waals surface area contributed by atoms with Crippen molar-refractivity contribution in [1.29, 1.82) is 0 Å². The van der Waals surface area contributed by atoms with Crippen molar-refractivity contribution in [3.8, 4) is 0 Å². The zero-order chi connectivity index (χ0) is 16.8. The van der Waals surface area contributed by atoms with E-state index in [4.69, 9.17) is 23.2 Å². The van der Waals surface area contributed by atoms with E-state index < -0.39 is 26.4 Å². The molecule has 3 aliphatic rings. The molecule has 7 heteroatoms. The lowest BCUT2D eigenvalue weighted by atomic mass is 9.77. The summed E-state index contributed by atoms with van der Waals surface area (Å²) in [5.41, 5.74) is -0.0539. The molecule has 1 heterocycles. The molecule has 1 fully saturated rings. The van der Waals surface area contributed by atoms with Crippen LogP contribution >= 0.6 is 23.2 Å². The van der Waals surface area contributed by atoms with E-state index in [0.717, 1.165) is 0 Å². The van der Waals surface area contributed by atoms with Gasteiger partial charge in [0, 0.05) is 17.4 Å². The molecule has 0 aromatic rings. The molecule has 23 heavy (non-hydrogen) atoms. The van der Waals surface area contributed by atoms with Crippen LogP contribution in [-0.2, 0) is 19.4 Å². The summed E-state index contributed by atoms with van der Waals surface area (Å²) in [5.74, 6) is -1.47. The van der Waals surface area contributed by atoms with Crippen molar-refractivity contribution in [2.75, 3.05) is 5.75 Å². The summed E-state index contributed by atoms with van der Waals surface area (Å²) < 4.78 is 24.5. The van der Waals surface area contributed by atoms with Crippen LogP contribution in [0.5, 0.6) is 0 Å². The number of fused-ring (bicyclic) bond motifs is 1. The van der Waals surface area contributed by atoms with Gasteiger partial charge in [-0.2, -0.15) is 0 Å². The molecule has 0 radical (unpaired) electrons. The summed E-state index contributed by atoms with van der Waals surface area (Å²) in [6, 6.07) is 0. The van der Waals surface area contributed by atoms with Crippen LogP contribution in [0.4, 0.5) is 0 Å². The third kappa shape index (κ3) is 2.73. The van der Waals surface area contributed by atoms with Crippen LogP contribution in [0.25, 0.3) is 0 Å². The zero-order valence-electron chi connectivity index (χ0n) is 12.3. The number of rotatable bonds is 2. The summed E-state index contributed by atoms with van der Waals surface area (Å²) in [7, 11) is -3.41. The summed E-state index contributed by atoms with van der Waals surface area (Å²) in [6.07, 6.45) is 6.77. The van der Waals surface area contributed by atoms with Crippen LogP contribution in [0.3, 0.4) is 0 Å². The van der Waals surface area contributed by atoms with Crippen molar-refractivity contribution >= 4 is 44.6 Å². The second-order valence-electron chi connectivity index (χ2n) is 6.10. The number of Topliss-reactive ketones (excluding diaryl/α,β-unsaturated/α-hetero) is 2. The Kier molecular flexibility index (Phi) is 4.32. The van der Waals surface area contributed by atoms with E-state index >= 15 is 0 Å². The van der Waals surface area contributed by atoms with Crippen LogP contribution in [0.2, 0.25) is 0 Å². The Bertz CT molecular complexity index is 776. The first-order valence-corrected chi connectivity index (χ1v) is 9.96. The van der Waals surface area contributed by atoms with Crippen molar-refractivity contribution in [1.82, 2.24) is 0 Å². The number of carbonyl (C=O) groups excluding carboxylic acids is 2. The number of allylic oxidation sites excluding steroid dienone is 6. The van der Waals surface area contributed by atoms with E-state index in [1.165, 1.54) is 18.2 Å². The highest BCUT2D eigenvalue weighted by atomic mass is 35.5. The standard InChI is InChI=1S/C16H16Cl2O4S/c17-11-5-1-6-12(19)14(11)15(20)16(18)8-2-7-13-10(16)4-3-9-23(13,21)22/h2,7-8,10H,1,3-6,9H2. The van der Waals surface area contributed by atoms with E-state index in [-0.39, 0.29) is 33.5 Å². The topological polar surface area (TPSA) is 68.3 Å². The monoisotopic (exact) mass is 374 g/mol. The van der Waals surface area contributed by atoms with E-state index in [1.807, 2.05) is 0 Å². The van der Waals surface area contributed by atoms with Gasteiger partial charge in [-0.3, -0.25) is 9.59 Å². The molecular weight excluding hydrogens is 359 g/mol. The van der Waals surface area contributed by atoms with Gasteiger partial charge in [0.05, 0.1) is 16.2 Å². The first-order chi connectivity index (χ1) is 10.8. The summed E-state index contributed by atoms with van der Waals surface area (Å²) in [4.78, 5) is 23.8. The zero-order valence-corrected chi connectivity index (χ0v) is 14.7. The largest absolute Gasteiger partial charge is 0.294 e. The smallest absolute Gasteiger partial charge is 0.193 e. The predicted octanol–water partition coefficient (Wildman–Crippen LogP) is 3.06. The molecule has 2 unspecified atom stereocenters. The van der Waals surface area contributed by atoms with Crippen molar-refractivity contribution in [3.05, 3.63) is 33.7 Å². The Balaban J connectivity index is 2.05. The van der Waals surface area contributed by atoms with Crippen molar-refractivity contribution < 1.29 is 18.0 Å². The third-order valence-corrected chi connectivity index (χ3v) is 7.54. The molecule has 0 aromatic heterocycles. The first-order valence-electron chi connectivity index (χ1n) is 7.55. The van der Waals surface area contributed by atoms with E-state index in [2.05, 4.69) is 0 Å². The third-order valence-electron chi connectivity index (χ3n) is 4.64. The number of alkyl halides is 1. The molecule has 0 aromatic carbocycles. The number of ketones is 2. The Morgan fingerprint density at radius 3 is 2.70 bits per heavy atom. The molecular formula is C16H16Cl2O4S. The highest BCUT2D eigenvalue weighted by Crippen LogP contribution is 2.46. The van der Waals surface area contributed by atoms with Gasteiger partial charge in [0.25, 0.3) is 0 Å². The Labute approximate surface area is 145 Å². The van der Waals surface area contributed by atoms with Gasteiger partial charge >= 0.3 is 0 Å². The fraction of sp³-hybridized carbons (Fsp3) is 0.500. The average molecular weight is 375 g/mol. The van der Waals surface area contributed by atoms with Gasteiger partial charge in [0.2, 0.25) is 0 Å². The molecule has 0 bridgehead atoms. The SMILES string of the molecule is O=C1CCCC(Cl)=C1C(=O)C1(Cl)C=CC=C2C1CCCS2(=O)=O. The van der Waals surface area contributed by atoms with Crippen molar-refractivity contribution in [3.63, 3.8) is 0 Å². The lowest BCUT2D eigenvalue weighted by molar-refractivity contribution is -0.123. The van der Waals surface area contributed by atoms with Crippen LogP contribution in [-0.4, -0.2) is 30.6 Å². The van der Waals surface area contributed by atoms with E-state index in [0.29, 0.717) is 25.7 Å². The van der Waals surface area contributed by atoms with Gasteiger partial charge in [-0.25, -0.2) is 8.42 Å². The first kappa shape index (κ1) is 16.9. The minimum atomic E-state index is -3.41. The second kappa shape index (κ2) is 5.87. The molecule has 0 saturated carbocycles. The number of sulfone groups is 1. The van der Waals surface area contributed by atoms with E-state index in [9.17, 15) is 18.0 Å². The molecule has 2 aliphatic carbocycles. The predicted molar refractivity (Wildman–Crippen MR) is 89.1 cm³/mol. The van der Waals surface area contributed by atoms with E-state index in [1.54, 1.807) is 0 Å². The van der Waals surface area contributed by atoms with Crippen molar-refractivity contribution in [2.24, 2.45) is 5.92 Å². The molecule has 1 aliphatic heterocycles. The van der Waals surface area contributed by atoms with Gasteiger partial charge in [0.15, 0.2) is 21.4 Å². The van der Waals surface area contributed by atoms with Gasteiger partial charge in [-0.1, -0.05) is 23.8 Å². The number of hydrogen-bond donors (Lipinski definition) is 0. The Hall–Kier alpha value is -0.910. The maximum atomic E-state index is 13.0. The quantitative estimate of drug-likeness (QED) is 0.550. The summed E-state index contributed by atoms with van der Waals surface area (Å²) in [6.45, 7) is 0. The molecule has 0 amide bonds. The van der Waals surface area contributed by atoms with Crippen LogP contribution in [0.15, 0.2) is 33.7 Å². The average Bonchev–Trinajstić information content (AvgIpc) is 2.48. The second-order valence-corrected chi connectivity index (χ2v) is 9.29. The van der Waals surface area contributed by atoms with Gasteiger partial charge in [-0.05, 0) is 31.8 Å². The van der Waals surface area contributed by atoms with Crippen LogP contribution < -0.4 is 0 Å². The number of hydrogen-bond acceptors (Lipinski definition) is 4. The molecule has 0 spiro atoms. The highest BCUT2D eigenvalue weighted by Gasteiger charge is 2.51. The summed E-state index contributed by atoms with van der Waals surface area (Å²) >= 11 is 12.7. The lowest BCUT2D eigenvalue weighted by Gasteiger charge is -2.38. The number of carbonyl (C=O) groups is 2. The van der Waals surface area contributed by atoms with Crippen molar-refractivity contribution in [2.45, 2.75) is 37.0 Å². The lowest BCUT2D eigenvalue weighted by Crippen LogP contribution is -2.46. The molecule has 2 atom stereocenters. The van der Waals surface area contributed by atoms with Gasteiger partial charge in [0.1, 0.15) is 4.87 Å². The molecule has 1 saturated heterocycles. The fourth-order valence-electron chi connectivity index (χ4n) is 3.47.